The summed E-state index contributed by atoms with van der Waals surface area (Å²) in [6.07, 6.45) is 6.74. The third-order valence-electron chi connectivity index (χ3n) is 9.07. The first-order valence-electron chi connectivity index (χ1n) is 14.4. The van der Waals surface area contributed by atoms with Crippen LogP contribution in [0.2, 0.25) is 0 Å². The number of nitrogens with zero attached hydrogens (tertiary/aromatic N) is 2. The van der Waals surface area contributed by atoms with Crippen LogP contribution in [-0.4, -0.2) is 97.5 Å². The molecule has 1 atom stereocenters. The molecule has 2 saturated heterocycles. The Morgan fingerprint density at radius 3 is 2.00 bits per heavy atom. The highest BCUT2D eigenvalue weighted by Gasteiger charge is 2.60. The number of alkyl halides is 2. The molecule has 16 heteroatoms. The lowest BCUT2D eigenvalue weighted by Crippen LogP contribution is -2.52. The van der Waals surface area contributed by atoms with Crippen LogP contribution in [0.4, 0.5) is 8.78 Å². The summed E-state index contributed by atoms with van der Waals surface area (Å²) in [5, 5.41) is 0. The van der Waals surface area contributed by atoms with Gasteiger partial charge in [0.15, 0.2) is 4.75 Å². The molecule has 1 aromatic carbocycles. The first kappa shape index (κ1) is 34.7. The lowest BCUT2D eigenvalue weighted by Gasteiger charge is -2.36. The standard InChI is InChI=1S/C27H40F2N2O8S4/c1-26(2,40-16-14-30(15-17-40)41(3,33)34)25(32)21-11-12-23(20-8-5-4-6-9-20)24(18-21)22-10-7-13-31(19-22)42(35,36)27(28,29)43(37,38)39/h11-12,18,20,22H,4-10,13-17,19H2,1-3H3/p+1. The van der Waals surface area contributed by atoms with Gasteiger partial charge in [-0.2, -0.15) is 25.8 Å². The van der Waals surface area contributed by atoms with E-state index in [2.05, 4.69) is 0 Å². The third kappa shape index (κ3) is 6.99. The van der Waals surface area contributed by atoms with Crippen molar-refractivity contribution in [1.29, 1.82) is 0 Å². The van der Waals surface area contributed by atoms with Crippen molar-refractivity contribution in [2.45, 2.75) is 80.0 Å². The van der Waals surface area contributed by atoms with Crippen LogP contribution in [0.5, 0.6) is 0 Å². The first-order chi connectivity index (χ1) is 19.8. The van der Waals surface area contributed by atoms with Crippen molar-refractivity contribution < 1.29 is 43.4 Å². The molecule has 1 saturated carbocycles. The highest BCUT2D eigenvalue weighted by atomic mass is 32.3. The number of benzene rings is 1. The maximum atomic E-state index is 14.4. The van der Waals surface area contributed by atoms with Crippen molar-refractivity contribution in [1.82, 2.24) is 8.61 Å². The van der Waals surface area contributed by atoms with Gasteiger partial charge in [0.25, 0.3) is 10.0 Å². The smallest absolute Gasteiger partial charge is 0.288 e. The summed E-state index contributed by atoms with van der Waals surface area (Å²) in [5.41, 5.74) is 2.07. The molecule has 1 N–H and O–H groups in total. The maximum Gasteiger partial charge on any atom is 0.484 e. The molecule has 1 unspecified atom stereocenters. The van der Waals surface area contributed by atoms with E-state index in [0.29, 0.717) is 46.4 Å². The summed E-state index contributed by atoms with van der Waals surface area (Å²) in [5.74, 6) is 0.577. The van der Waals surface area contributed by atoms with E-state index in [0.717, 1.165) is 37.7 Å². The second-order valence-corrected chi connectivity index (χ2v) is 20.7. The van der Waals surface area contributed by atoms with Gasteiger partial charge >= 0.3 is 14.7 Å². The van der Waals surface area contributed by atoms with Crippen LogP contribution in [0, 0.1) is 0 Å². The highest BCUT2D eigenvalue weighted by Crippen LogP contribution is 2.42. The van der Waals surface area contributed by atoms with Gasteiger partial charge in [0, 0.05) is 29.5 Å². The first-order valence-corrected chi connectivity index (χ1v) is 20.7. The van der Waals surface area contributed by atoms with Crippen LogP contribution in [0.15, 0.2) is 18.2 Å². The van der Waals surface area contributed by atoms with Crippen LogP contribution in [0.1, 0.15) is 92.1 Å². The van der Waals surface area contributed by atoms with Gasteiger partial charge in [0.2, 0.25) is 15.8 Å². The van der Waals surface area contributed by atoms with Gasteiger partial charge in [-0.05, 0) is 68.6 Å². The molecule has 3 fully saturated rings. The molecule has 0 spiro atoms. The number of carbonyl (C=O) groups is 1. The predicted octanol–water partition coefficient (Wildman–Crippen LogP) is 3.54. The van der Waals surface area contributed by atoms with Gasteiger partial charge in [-0.25, -0.2) is 16.8 Å². The molecule has 244 valence electrons. The van der Waals surface area contributed by atoms with Gasteiger partial charge in [-0.1, -0.05) is 31.4 Å². The number of carbonyl (C=O) groups excluding carboxylic acids is 1. The molecule has 1 aliphatic carbocycles. The number of hydrogen-bond donors (Lipinski definition) is 1. The van der Waals surface area contributed by atoms with E-state index in [4.69, 9.17) is 4.55 Å². The molecule has 0 aromatic heterocycles. The molecule has 0 bridgehead atoms. The Labute approximate surface area is 256 Å². The van der Waals surface area contributed by atoms with Crippen LogP contribution >= 0.6 is 0 Å². The van der Waals surface area contributed by atoms with E-state index < -0.39 is 62.9 Å². The van der Waals surface area contributed by atoms with E-state index in [1.807, 2.05) is 19.9 Å². The summed E-state index contributed by atoms with van der Waals surface area (Å²) in [6, 6.07) is 5.42. The monoisotopic (exact) mass is 687 g/mol. The largest absolute Gasteiger partial charge is 0.484 e. The Morgan fingerprint density at radius 1 is 0.860 bits per heavy atom. The SMILES string of the molecule is CC(C)(C(=O)c1ccc(C2CCCCC2)c(C2CCCN(S(=O)(=O)C(F)(F)S(=O)(=O)O)C2)c1)[S+]1CCN(S(C)(=O)=O)CC1. The molecule has 2 aliphatic heterocycles. The topological polar surface area (TPSA) is 146 Å². The summed E-state index contributed by atoms with van der Waals surface area (Å²) in [6.45, 7) is 3.67. The molecule has 10 nitrogen and oxygen atoms in total. The molecule has 1 aromatic rings. The molecule has 4 rings (SSSR count). The molecule has 2 heterocycles. The van der Waals surface area contributed by atoms with E-state index in [1.54, 1.807) is 12.1 Å². The maximum absolute atomic E-state index is 14.4. The van der Waals surface area contributed by atoms with Crippen molar-refractivity contribution in [3.8, 4) is 0 Å². The second kappa shape index (κ2) is 12.6. The van der Waals surface area contributed by atoms with Gasteiger partial charge in [-0.3, -0.25) is 9.35 Å². The minimum Gasteiger partial charge on any atom is -0.288 e. The Morgan fingerprint density at radius 2 is 1.44 bits per heavy atom. The number of Topliss-reactive ketones (excluding diaryl/α,β-unsaturated/α-hetero) is 1. The third-order valence-corrected chi connectivity index (χ3v) is 16.8. The van der Waals surface area contributed by atoms with E-state index in [1.165, 1.54) is 10.6 Å². The van der Waals surface area contributed by atoms with Crippen LogP contribution in [0.25, 0.3) is 0 Å². The zero-order valence-corrected chi connectivity index (χ0v) is 27.9. The number of ketones is 1. The molecule has 0 amide bonds. The number of halogens is 2. The van der Waals surface area contributed by atoms with Crippen molar-refractivity contribution in [3.63, 3.8) is 0 Å². The van der Waals surface area contributed by atoms with E-state index in [-0.39, 0.29) is 24.7 Å². The molecule has 43 heavy (non-hydrogen) atoms. The normalized spacial score (nSPS) is 23.3. The fraction of sp³-hybridized carbons (Fsp3) is 0.741. The average Bonchev–Trinajstić information content (AvgIpc) is 2.96. The highest BCUT2D eigenvalue weighted by molar-refractivity contribution is 8.06. The zero-order chi connectivity index (χ0) is 32.0. The van der Waals surface area contributed by atoms with Gasteiger partial charge in [0.05, 0.1) is 19.3 Å². The fourth-order valence-corrected chi connectivity index (χ4v) is 12.5. The molecule has 0 radical (unpaired) electrons. The lowest BCUT2D eigenvalue weighted by molar-refractivity contribution is 0.0956. The van der Waals surface area contributed by atoms with E-state index in [9.17, 15) is 38.8 Å². The van der Waals surface area contributed by atoms with Gasteiger partial charge < -0.3 is 0 Å². The summed E-state index contributed by atoms with van der Waals surface area (Å²) >= 11 is 0. The summed E-state index contributed by atoms with van der Waals surface area (Å²) < 4.78 is 105. The Bertz CT molecular complexity index is 1530. The Hall–Kier alpha value is -1.17. The second-order valence-electron chi connectivity index (χ2n) is 12.2. The van der Waals surface area contributed by atoms with E-state index >= 15 is 0 Å². The van der Waals surface area contributed by atoms with Gasteiger partial charge in [0.1, 0.15) is 11.5 Å². The Balaban J connectivity index is 1.67. The Kier molecular flexibility index (Phi) is 10.1. The number of piperidine rings is 1. The van der Waals surface area contributed by atoms with Crippen molar-refractivity contribution in [3.05, 3.63) is 34.9 Å². The van der Waals surface area contributed by atoms with Crippen LogP contribution in [-0.2, 0) is 41.1 Å². The molecule has 3 aliphatic rings. The minimum absolute atomic E-state index is 0.127. The van der Waals surface area contributed by atoms with Crippen LogP contribution < -0.4 is 0 Å². The van der Waals surface area contributed by atoms with Crippen molar-refractivity contribution in [2.75, 3.05) is 43.9 Å². The summed E-state index contributed by atoms with van der Waals surface area (Å²) in [7, 11) is -15.7. The van der Waals surface area contributed by atoms with Crippen LogP contribution in [0.3, 0.4) is 0 Å². The molecular weight excluding hydrogens is 647 g/mol. The summed E-state index contributed by atoms with van der Waals surface area (Å²) in [4.78, 5) is 14.0. The lowest BCUT2D eigenvalue weighted by atomic mass is 9.77. The number of sulfonamides is 2. The number of hydrogen-bond acceptors (Lipinski definition) is 7. The fourth-order valence-electron chi connectivity index (χ4n) is 6.51. The van der Waals surface area contributed by atoms with Gasteiger partial charge in [-0.15, -0.1) is 0 Å². The quantitative estimate of drug-likeness (QED) is 0.236. The zero-order valence-electron chi connectivity index (χ0n) is 24.7. The average molecular weight is 688 g/mol. The minimum atomic E-state index is -6.22. The predicted molar refractivity (Wildman–Crippen MR) is 163 cm³/mol. The molecular formula is C27H41F2N2O8S4+. The van der Waals surface area contributed by atoms with Crippen molar-refractivity contribution in [2.24, 2.45) is 0 Å². The number of rotatable bonds is 9. The van der Waals surface area contributed by atoms with Crippen molar-refractivity contribution >= 4 is 46.8 Å².